The van der Waals surface area contributed by atoms with Gasteiger partial charge in [-0.25, -0.2) is 4.39 Å². The van der Waals surface area contributed by atoms with Crippen LogP contribution in [-0.2, 0) is 0 Å². The van der Waals surface area contributed by atoms with E-state index < -0.39 is 11.9 Å². The largest absolute Gasteiger partial charge is 0.486 e. The summed E-state index contributed by atoms with van der Waals surface area (Å²) < 4.78 is 18.9. The summed E-state index contributed by atoms with van der Waals surface area (Å²) in [6.07, 6.45) is 5.79. The van der Waals surface area contributed by atoms with Gasteiger partial charge < -0.3 is 20.5 Å². The Hall–Kier alpha value is -0.880. The summed E-state index contributed by atoms with van der Waals surface area (Å²) in [4.78, 5) is 2.31. The highest BCUT2D eigenvalue weighted by Crippen LogP contribution is 2.29. The Morgan fingerprint density at radius 2 is 2.00 bits per heavy atom. The third kappa shape index (κ3) is 5.30. The fraction of sp³-hybridized carbons (Fsp3) is 0.684. The van der Waals surface area contributed by atoms with Crippen molar-refractivity contribution in [3.05, 3.63) is 29.0 Å². The molecule has 1 aromatic rings. The van der Waals surface area contributed by atoms with Crippen LogP contribution < -0.4 is 10.5 Å². The average molecular weight is 371 g/mol. The van der Waals surface area contributed by atoms with Gasteiger partial charge in [-0.15, -0.1) is 0 Å². The predicted molar refractivity (Wildman–Crippen MR) is 97.4 cm³/mol. The molecule has 1 aliphatic heterocycles. The Morgan fingerprint density at radius 1 is 1.24 bits per heavy atom. The molecule has 1 saturated heterocycles. The maximum Gasteiger partial charge on any atom is 0.138 e. The second kappa shape index (κ2) is 8.67. The van der Waals surface area contributed by atoms with Gasteiger partial charge in [0.2, 0.25) is 0 Å². The normalized spacial score (nSPS) is 31.0. The number of aliphatic hydroxyl groups is 1. The standard InChI is InChI=1S/C19H28ClFN2O2/c20-16-11-14(21)3-6-18(16)25-19-8-10-23(12-17(19)24)9-7-13-1-4-15(22)5-2-13/h3,6,11,13,15,17,19,24H,1-2,4-5,7-10,12,22H2/t13?,15?,17-,19-/m1/s1. The van der Waals surface area contributed by atoms with E-state index in [2.05, 4.69) is 4.90 Å². The lowest BCUT2D eigenvalue weighted by molar-refractivity contribution is -0.0266. The molecule has 2 aliphatic rings. The summed E-state index contributed by atoms with van der Waals surface area (Å²) in [6, 6.07) is 4.46. The van der Waals surface area contributed by atoms with Crippen molar-refractivity contribution in [2.75, 3.05) is 19.6 Å². The van der Waals surface area contributed by atoms with Crippen molar-refractivity contribution in [1.29, 1.82) is 0 Å². The molecule has 0 aromatic heterocycles. The van der Waals surface area contributed by atoms with E-state index in [1.807, 2.05) is 0 Å². The number of likely N-dealkylation sites (tertiary alicyclic amines) is 1. The Balaban J connectivity index is 1.44. The van der Waals surface area contributed by atoms with Crippen LogP contribution in [0.5, 0.6) is 5.75 Å². The first-order valence-corrected chi connectivity index (χ1v) is 9.67. The number of piperidine rings is 1. The Bertz CT molecular complexity index is 566. The smallest absolute Gasteiger partial charge is 0.138 e. The average Bonchev–Trinajstić information content (AvgIpc) is 2.58. The first-order chi connectivity index (χ1) is 12.0. The molecule has 0 spiro atoms. The molecule has 4 nitrogen and oxygen atoms in total. The minimum Gasteiger partial charge on any atom is -0.486 e. The molecule has 1 aromatic carbocycles. The van der Waals surface area contributed by atoms with Gasteiger partial charge in [-0.3, -0.25) is 0 Å². The van der Waals surface area contributed by atoms with Gasteiger partial charge in [-0.1, -0.05) is 11.6 Å². The van der Waals surface area contributed by atoms with Crippen molar-refractivity contribution in [3.63, 3.8) is 0 Å². The van der Waals surface area contributed by atoms with E-state index >= 15 is 0 Å². The fourth-order valence-electron chi connectivity index (χ4n) is 3.89. The number of hydrogen-bond donors (Lipinski definition) is 2. The minimum atomic E-state index is -0.561. The Labute approximate surface area is 154 Å². The molecule has 0 bridgehead atoms. The van der Waals surface area contributed by atoms with Crippen LogP contribution in [-0.4, -0.2) is 47.9 Å². The summed E-state index contributed by atoms with van der Waals surface area (Å²) in [5, 5.41) is 10.7. The van der Waals surface area contributed by atoms with Gasteiger partial charge in [0.15, 0.2) is 0 Å². The highest BCUT2D eigenvalue weighted by Gasteiger charge is 2.30. The van der Waals surface area contributed by atoms with Crippen LogP contribution in [0.2, 0.25) is 5.02 Å². The van der Waals surface area contributed by atoms with Crippen LogP contribution >= 0.6 is 11.6 Å². The molecule has 2 fully saturated rings. The van der Waals surface area contributed by atoms with Crippen molar-refractivity contribution < 1.29 is 14.2 Å². The van der Waals surface area contributed by atoms with Crippen LogP contribution in [0.15, 0.2) is 18.2 Å². The van der Waals surface area contributed by atoms with Crippen molar-refractivity contribution >= 4 is 11.6 Å². The molecule has 6 heteroatoms. The number of rotatable bonds is 5. The summed E-state index contributed by atoms with van der Waals surface area (Å²) in [7, 11) is 0. The van der Waals surface area contributed by atoms with Gasteiger partial charge in [-0.2, -0.15) is 0 Å². The highest BCUT2D eigenvalue weighted by molar-refractivity contribution is 6.32. The molecule has 1 saturated carbocycles. The van der Waals surface area contributed by atoms with Crippen molar-refractivity contribution in [1.82, 2.24) is 4.90 Å². The Kier molecular flexibility index (Phi) is 6.55. The van der Waals surface area contributed by atoms with Crippen molar-refractivity contribution in [2.45, 2.75) is 56.8 Å². The first-order valence-electron chi connectivity index (χ1n) is 9.29. The van der Waals surface area contributed by atoms with Crippen molar-refractivity contribution in [2.24, 2.45) is 11.7 Å². The molecule has 1 aliphatic carbocycles. The third-order valence-electron chi connectivity index (χ3n) is 5.52. The third-order valence-corrected chi connectivity index (χ3v) is 5.82. The van der Waals surface area contributed by atoms with Crippen LogP contribution in [0.25, 0.3) is 0 Å². The molecule has 3 N–H and O–H groups in total. The van der Waals surface area contributed by atoms with Crippen LogP contribution in [0.4, 0.5) is 4.39 Å². The van der Waals surface area contributed by atoms with Gasteiger partial charge in [0.1, 0.15) is 23.8 Å². The zero-order valence-electron chi connectivity index (χ0n) is 14.5. The summed E-state index contributed by atoms with van der Waals surface area (Å²) in [5.41, 5.74) is 5.96. The van der Waals surface area contributed by atoms with Crippen LogP contribution in [0.3, 0.4) is 0 Å². The number of nitrogens with zero attached hydrogens (tertiary/aromatic N) is 1. The number of halogens is 2. The topological polar surface area (TPSA) is 58.7 Å². The molecule has 1 heterocycles. The number of hydrogen-bond acceptors (Lipinski definition) is 4. The maximum absolute atomic E-state index is 13.1. The van der Waals surface area contributed by atoms with Gasteiger partial charge in [-0.05, 0) is 69.2 Å². The van der Waals surface area contributed by atoms with Gasteiger partial charge in [0.05, 0.1) is 5.02 Å². The SMILES string of the molecule is NC1CCC(CCN2CC[C@@H](Oc3ccc(F)cc3Cl)[C@H](O)C2)CC1. The zero-order valence-corrected chi connectivity index (χ0v) is 15.3. The summed E-state index contributed by atoms with van der Waals surface area (Å²) >= 11 is 6.01. The molecule has 25 heavy (non-hydrogen) atoms. The van der Waals surface area contributed by atoms with E-state index in [0.717, 1.165) is 38.3 Å². The van der Waals surface area contributed by atoms with E-state index in [-0.39, 0.29) is 11.1 Å². The minimum absolute atomic E-state index is 0.241. The van der Waals surface area contributed by atoms with Crippen molar-refractivity contribution in [3.8, 4) is 5.75 Å². The van der Waals surface area contributed by atoms with Gasteiger partial charge in [0, 0.05) is 19.1 Å². The lowest BCUT2D eigenvalue weighted by Gasteiger charge is -2.37. The zero-order chi connectivity index (χ0) is 17.8. The first kappa shape index (κ1) is 18.9. The van der Waals surface area contributed by atoms with E-state index in [4.69, 9.17) is 22.1 Å². The lowest BCUT2D eigenvalue weighted by Crippen LogP contribution is -2.49. The Morgan fingerprint density at radius 3 is 2.68 bits per heavy atom. The lowest BCUT2D eigenvalue weighted by atomic mass is 9.84. The molecule has 0 unspecified atom stereocenters. The number of ether oxygens (including phenoxy) is 1. The monoisotopic (exact) mass is 370 g/mol. The molecular formula is C19H28ClFN2O2. The summed E-state index contributed by atoms with van der Waals surface area (Å²) in [5.74, 6) is 0.805. The second-order valence-electron chi connectivity index (χ2n) is 7.46. The number of benzene rings is 1. The molecule has 3 rings (SSSR count). The fourth-order valence-corrected chi connectivity index (χ4v) is 4.10. The molecule has 2 atom stereocenters. The predicted octanol–water partition coefficient (Wildman–Crippen LogP) is 3.20. The van der Waals surface area contributed by atoms with E-state index in [0.29, 0.717) is 18.3 Å². The highest BCUT2D eigenvalue weighted by atomic mass is 35.5. The molecule has 0 radical (unpaired) electrons. The van der Waals surface area contributed by atoms with E-state index in [1.54, 1.807) is 0 Å². The molecule has 0 amide bonds. The summed E-state index contributed by atoms with van der Waals surface area (Å²) in [6.45, 7) is 2.52. The van der Waals surface area contributed by atoms with E-state index in [1.165, 1.54) is 37.5 Å². The number of aliphatic hydroxyl groups excluding tert-OH is 1. The molecule has 140 valence electrons. The number of nitrogens with two attached hydrogens (primary N) is 1. The quantitative estimate of drug-likeness (QED) is 0.835. The van der Waals surface area contributed by atoms with Gasteiger partial charge >= 0.3 is 0 Å². The second-order valence-corrected chi connectivity index (χ2v) is 7.86. The van der Waals surface area contributed by atoms with Crippen LogP contribution in [0, 0.1) is 11.7 Å². The molecular weight excluding hydrogens is 343 g/mol. The maximum atomic E-state index is 13.1. The van der Waals surface area contributed by atoms with Gasteiger partial charge in [0.25, 0.3) is 0 Å². The van der Waals surface area contributed by atoms with Crippen LogP contribution in [0.1, 0.15) is 38.5 Å². The number of β-amino-alcohol motifs (C(OH)–C–C–N with tert-alkyl or cyclic N) is 1. The van der Waals surface area contributed by atoms with E-state index in [9.17, 15) is 9.50 Å².